The number of sulfonamides is 1. The third kappa shape index (κ3) is 8.04. The van der Waals surface area contributed by atoms with Crippen molar-refractivity contribution in [2.24, 2.45) is 5.41 Å². The molecule has 0 saturated carbocycles. The van der Waals surface area contributed by atoms with E-state index in [0.717, 1.165) is 0 Å². The summed E-state index contributed by atoms with van der Waals surface area (Å²) < 4.78 is 42.0. The molecule has 0 unspecified atom stereocenters. The molecule has 4 N–H and O–H groups in total. The van der Waals surface area contributed by atoms with Crippen LogP contribution in [0.5, 0.6) is 0 Å². The number of H-pyrrole nitrogens is 1. The van der Waals surface area contributed by atoms with Crippen LogP contribution in [0.4, 0.5) is 4.39 Å². The highest BCUT2D eigenvalue weighted by atomic mass is 32.2. The maximum Gasteiger partial charge on any atom is 0.272 e. The molecule has 220 valence electrons. The molecule has 42 heavy (non-hydrogen) atoms. The molecule has 0 radical (unpaired) electrons. The van der Waals surface area contributed by atoms with Crippen molar-refractivity contribution in [2.75, 3.05) is 25.4 Å². The number of amides is 2. The average Bonchev–Trinajstić information content (AvgIpc) is 2.98. The third-order valence-corrected chi connectivity index (χ3v) is 7.80. The number of carbonyl (C=O) groups is 2. The van der Waals surface area contributed by atoms with E-state index in [0.29, 0.717) is 22.0 Å². The molecule has 2 amide bonds. The number of pyridine rings is 1. The standard InChI is InChI=1S/C29H31FN6O5S/c1-29(2,18-34-42(40,41)14-13-32-28(39)24-9-5-6-12-31-24)17-33-26(37)22-15-19(10-11-23(22)30)16-25-20-7-3-4-8-21(20)27(38)36-35-25/h3-12,15,34H,13-14,16-18H2,1-2H3,(H,32,39)(H,33,37)(H,36,38). The Morgan fingerprint density at radius 1 is 0.952 bits per heavy atom. The number of aromatic nitrogens is 3. The first-order valence-electron chi connectivity index (χ1n) is 13.1. The molecule has 0 aliphatic carbocycles. The van der Waals surface area contributed by atoms with Crippen LogP contribution in [0, 0.1) is 11.2 Å². The van der Waals surface area contributed by atoms with E-state index in [2.05, 4.69) is 30.5 Å². The predicted octanol–water partition coefficient (Wildman–Crippen LogP) is 2.15. The highest BCUT2D eigenvalue weighted by Gasteiger charge is 2.24. The molecule has 11 nitrogen and oxygen atoms in total. The Balaban J connectivity index is 1.31. The molecule has 0 bridgehead atoms. The normalized spacial score (nSPS) is 11.8. The second kappa shape index (κ2) is 13.0. The van der Waals surface area contributed by atoms with E-state index in [4.69, 9.17) is 0 Å². The van der Waals surface area contributed by atoms with Gasteiger partial charge in [0.25, 0.3) is 17.4 Å². The number of benzene rings is 2. The summed E-state index contributed by atoms with van der Waals surface area (Å²) in [5.41, 5.74) is 0.184. The SMILES string of the molecule is CC(C)(CNC(=O)c1cc(Cc2n[nH]c(=O)c3ccccc23)ccc1F)CNS(=O)(=O)CCNC(=O)c1ccccn1. The highest BCUT2D eigenvalue weighted by Crippen LogP contribution is 2.19. The second-order valence-corrected chi connectivity index (χ2v) is 12.4. The Morgan fingerprint density at radius 2 is 1.69 bits per heavy atom. The zero-order chi connectivity index (χ0) is 30.3. The highest BCUT2D eigenvalue weighted by molar-refractivity contribution is 7.89. The van der Waals surface area contributed by atoms with Gasteiger partial charge in [-0.05, 0) is 41.3 Å². The van der Waals surface area contributed by atoms with Gasteiger partial charge in [-0.25, -0.2) is 22.6 Å². The van der Waals surface area contributed by atoms with Crippen LogP contribution in [-0.2, 0) is 16.4 Å². The Labute approximate surface area is 242 Å². The molecule has 0 atom stereocenters. The van der Waals surface area contributed by atoms with E-state index in [1.807, 2.05) is 0 Å². The smallest absolute Gasteiger partial charge is 0.272 e. The number of nitrogens with zero attached hydrogens (tertiary/aromatic N) is 2. The van der Waals surface area contributed by atoms with E-state index in [9.17, 15) is 27.2 Å². The van der Waals surface area contributed by atoms with Gasteiger partial charge in [-0.3, -0.25) is 19.4 Å². The lowest BCUT2D eigenvalue weighted by Crippen LogP contribution is -2.43. The van der Waals surface area contributed by atoms with Crippen molar-refractivity contribution in [3.05, 3.63) is 106 Å². The summed E-state index contributed by atoms with van der Waals surface area (Å²) in [7, 11) is -3.73. The maximum absolute atomic E-state index is 14.6. The molecule has 0 spiro atoms. The molecule has 0 aliphatic rings. The molecule has 0 fully saturated rings. The summed E-state index contributed by atoms with van der Waals surface area (Å²) in [5.74, 6) is -2.18. The van der Waals surface area contributed by atoms with E-state index in [1.165, 1.54) is 24.4 Å². The fraction of sp³-hybridized carbons (Fsp3) is 0.276. The largest absolute Gasteiger partial charge is 0.351 e. The lowest BCUT2D eigenvalue weighted by atomic mass is 9.93. The lowest BCUT2D eigenvalue weighted by molar-refractivity contribution is 0.0930. The van der Waals surface area contributed by atoms with Crippen molar-refractivity contribution in [1.29, 1.82) is 0 Å². The number of halogens is 1. The number of carbonyl (C=O) groups excluding carboxylic acids is 2. The monoisotopic (exact) mass is 594 g/mol. The lowest BCUT2D eigenvalue weighted by Gasteiger charge is -2.25. The minimum atomic E-state index is -3.73. The van der Waals surface area contributed by atoms with Gasteiger partial charge in [0.2, 0.25) is 10.0 Å². The summed E-state index contributed by atoms with van der Waals surface area (Å²) >= 11 is 0. The van der Waals surface area contributed by atoms with Crippen molar-refractivity contribution >= 4 is 32.6 Å². The van der Waals surface area contributed by atoms with Crippen LogP contribution in [0.1, 0.15) is 46.0 Å². The van der Waals surface area contributed by atoms with Gasteiger partial charge in [0.05, 0.1) is 22.4 Å². The van der Waals surface area contributed by atoms with E-state index in [1.54, 1.807) is 56.3 Å². The number of rotatable bonds is 12. The van der Waals surface area contributed by atoms with Crippen LogP contribution in [0.15, 0.2) is 71.7 Å². The topological polar surface area (TPSA) is 163 Å². The third-order valence-electron chi connectivity index (χ3n) is 6.47. The van der Waals surface area contributed by atoms with Crippen molar-refractivity contribution in [1.82, 2.24) is 30.5 Å². The quantitative estimate of drug-likeness (QED) is 0.195. The van der Waals surface area contributed by atoms with Crippen LogP contribution in [-0.4, -0.2) is 60.8 Å². The predicted molar refractivity (Wildman–Crippen MR) is 156 cm³/mol. The number of hydrogen-bond acceptors (Lipinski definition) is 7. The molecule has 2 aromatic carbocycles. The summed E-state index contributed by atoms with van der Waals surface area (Å²) in [5, 5.41) is 12.9. The molecule has 2 aromatic heterocycles. The molecular weight excluding hydrogens is 563 g/mol. The minimum absolute atomic E-state index is 0.00270. The van der Waals surface area contributed by atoms with E-state index in [-0.39, 0.29) is 48.6 Å². The van der Waals surface area contributed by atoms with Crippen LogP contribution < -0.4 is 20.9 Å². The van der Waals surface area contributed by atoms with Crippen molar-refractivity contribution < 1.29 is 22.4 Å². The van der Waals surface area contributed by atoms with Crippen LogP contribution in [0.2, 0.25) is 0 Å². The number of hydrogen-bond donors (Lipinski definition) is 4. The molecule has 4 aromatic rings. The summed E-state index contributed by atoms with van der Waals surface area (Å²) in [6, 6.07) is 16.0. The fourth-order valence-corrected chi connectivity index (χ4v) is 5.22. The summed E-state index contributed by atoms with van der Waals surface area (Å²) in [6.07, 6.45) is 1.72. The number of aromatic amines is 1. The van der Waals surface area contributed by atoms with Crippen LogP contribution in [0.25, 0.3) is 10.8 Å². The van der Waals surface area contributed by atoms with Crippen molar-refractivity contribution in [2.45, 2.75) is 20.3 Å². The van der Waals surface area contributed by atoms with Gasteiger partial charge in [0, 0.05) is 37.6 Å². The van der Waals surface area contributed by atoms with Gasteiger partial charge in [0.1, 0.15) is 11.5 Å². The van der Waals surface area contributed by atoms with Crippen LogP contribution >= 0.6 is 0 Å². The Bertz CT molecular complexity index is 1760. The number of fused-ring (bicyclic) bond motifs is 1. The number of nitrogens with one attached hydrogen (secondary N) is 4. The van der Waals surface area contributed by atoms with Gasteiger partial charge in [-0.2, -0.15) is 5.10 Å². The summed E-state index contributed by atoms with van der Waals surface area (Å²) in [6.45, 7) is 3.44. The van der Waals surface area contributed by atoms with Gasteiger partial charge in [-0.15, -0.1) is 0 Å². The summed E-state index contributed by atoms with van der Waals surface area (Å²) in [4.78, 5) is 40.9. The zero-order valence-electron chi connectivity index (χ0n) is 23.1. The molecule has 0 aliphatic heterocycles. The van der Waals surface area contributed by atoms with Crippen LogP contribution in [0.3, 0.4) is 0 Å². The van der Waals surface area contributed by atoms with E-state index >= 15 is 0 Å². The minimum Gasteiger partial charge on any atom is -0.351 e. The first-order chi connectivity index (χ1) is 19.9. The van der Waals surface area contributed by atoms with E-state index < -0.39 is 33.1 Å². The fourth-order valence-electron chi connectivity index (χ4n) is 4.10. The van der Waals surface area contributed by atoms with Crippen molar-refractivity contribution in [3.8, 4) is 0 Å². The Morgan fingerprint density at radius 3 is 2.43 bits per heavy atom. The molecule has 4 rings (SSSR count). The maximum atomic E-state index is 14.6. The first-order valence-corrected chi connectivity index (χ1v) is 14.8. The molecule has 0 saturated heterocycles. The van der Waals surface area contributed by atoms with Gasteiger partial charge in [0.15, 0.2) is 0 Å². The first kappa shape index (κ1) is 30.5. The van der Waals surface area contributed by atoms with Gasteiger partial charge >= 0.3 is 0 Å². The molecule has 13 heteroatoms. The molecule has 2 heterocycles. The van der Waals surface area contributed by atoms with Crippen molar-refractivity contribution in [3.63, 3.8) is 0 Å². The average molecular weight is 595 g/mol. The van der Waals surface area contributed by atoms with Gasteiger partial charge in [-0.1, -0.05) is 44.2 Å². The zero-order valence-corrected chi connectivity index (χ0v) is 23.9. The second-order valence-electron chi connectivity index (χ2n) is 10.5. The Kier molecular flexibility index (Phi) is 9.43. The van der Waals surface area contributed by atoms with Gasteiger partial charge < -0.3 is 10.6 Å². The Hall–Kier alpha value is -4.49. The molecular formula is C29H31FN6O5S.